The molecule has 0 saturated heterocycles. The Morgan fingerprint density at radius 3 is 0.623 bits per heavy atom. The summed E-state index contributed by atoms with van der Waals surface area (Å²) in [5.74, 6) is 1.68. The standard InChI is InChI=1S/C63H122O6/c1-57(2)49-43-37-31-25-20-16-12-9-7-8-10-14-18-22-28-34-40-46-52-61(64)67-55-60(56-68-62(65)53-47-41-35-30-24-27-33-39-45-51-59(5)6)69-63(66)54-48-42-36-29-23-19-15-11-13-17-21-26-32-38-44-50-58(3)4/h57-60H,7-56H2,1-6H3/t60-/m0/s1. The van der Waals surface area contributed by atoms with Crippen LogP contribution in [-0.2, 0) is 28.6 Å². The highest BCUT2D eigenvalue weighted by molar-refractivity contribution is 5.71. The van der Waals surface area contributed by atoms with E-state index in [1.54, 1.807) is 0 Å². The van der Waals surface area contributed by atoms with Crippen molar-refractivity contribution in [1.29, 1.82) is 0 Å². The van der Waals surface area contributed by atoms with E-state index in [1.165, 1.54) is 231 Å². The molecule has 6 heteroatoms. The molecule has 0 saturated carbocycles. The van der Waals surface area contributed by atoms with Crippen molar-refractivity contribution in [2.75, 3.05) is 13.2 Å². The molecule has 0 radical (unpaired) electrons. The van der Waals surface area contributed by atoms with E-state index in [2.05, 4.69) is 41.5 Å². The van der Waals surface area contributed by atoms with E-state index in [1.807, 2.05) is 0 Å². The highest BCUT2D eigenvalue weighted by Crippen LogP contribution is 2.19. The molecule has 0 unspecified atom stereocenters. The first kappa shape index (κ1) is 67.4. The Kier molecular flexibility index (Phi) is 52.9. The van der Waals surface area contributed by atoms with Gasteiger partial charge in [0.15, 0.2) is 6.10 Å². The largest absolute Gasteiger partial charge is 0.462 e. The van der Waals surface area contributed by atoms with E-state index in [-0.39, 0.29) is 31.1 Å². The van der Waals surface area contributed by atoms with Gasteiger partial charge in [0.05, 0.1) is 0 Å². The van der Waals surface area contributed by atoms with Crippen LogP contribution in [0.2, 0.25) is 0 Å². The summed E-state index contributed by atoms with van der Waals surface area (Å²) in [6.07, 6.45) is 58.2. The van der Waals surface area contributed by atoms with Crippen molar-refractivity contribution in [1.82, 2.24) is 0 Å². The van der Waals surface area contributed by atoms with Gasteiger partial charge in [0.25, 0.3) is 0 Å². The van der Waals surface area contributed by atoms with Crippen molar-refractivity contribution in [2.24, 2.45) is 17.8 Å². The second-order valence-corrected chi connectivity index (χ2v) is 23.1. The van der Waals surface area contributed by atoms with Crippen LogP contribution < -0.4 is 0 Å². The van der Waals surface area contributed by atoms with Crippen LogP contribution in [0.5, 0.6) is 0 Å². The summed E-state index contributed by atoms with van der Waals surface area (Å²) in [6.45, 7) is 13.8. The minimum absolute atomic E-state index is 0.0631. The smallest absolute Gasteiger partial charge is 0.306 e. The van der Waals surface area contributed by atoms with Gasteiger partial charge in [-0.05, 0) is 37.0 Å². The molecule has 0 amide bonds. The molecule has 0 N–H and O–H groups in total. The number of carbonyl (C=O) groups excluding carboxylic acids is 3. The molecule has 0 rings (SSSR count). The molecule has 0 aliphatic carbocycles. The second kappa shape index (κ2) is 54.2. The molecule has 0 heterocycles. The lowest BCUT2D eigenvalue weighted by atomic mass is 10.0. The van der Waals surface area contributed by atoms with Crippen LogP contribution in [0, 0.1) is 17.8 Å². The highest BCUT2D eigenvalue weighted by atomic mass is 16.6. The van der Waals surface area contributed by atoms with E-state index in [0.717, 1.165) is 75.5 Å². The van der Waals surface area contributed by atoms with Gasteiger partial charge < -0.3 is 14.2 Å². The predicted octanol–water partition coefficient (Wildman–Crippen LogP) is 20.7. The molecule has 69 heavy (non-hydrogen) atoms. The average Bonchev–Trinajstić information content (AvgIpc) is 3.31. The number of esters is 3. The van der Waals surface area contributed by atoms with E-state index >= 15 is 0 Å². The molecule has 0 bridgehead atoms. The molecule has 0 aromatic heterocycles. The topological polar surface area (TPSA) is 78.9 Å². The summed E-state index contributed by atoms with van der Waals surface area (Å²) in [5, 5.41) is 0. The lowest BCUT2D eigenvalue weighted by Crippen LogP contribution is -2.30. The Hall–Kier alpha value is -1.59. The van der Waals surface area contributed by atoms with E-state index < -0.39 is 6.10 Å². The number of ether oxygens (including phenoxy) is 3. The third kappa shape index (κ3) is 57.2. The molecular formula is C63H122O6. The van der Waals surface area contributed by atoms with Gasteiger partial charge in [0, 0.05) is 19.3 Å². The molecule has 0 aliphatic heterocycles. The summed E-state index contributed by atoms with van der Waals surface area (Å²) < 4.78 is 16.9. The first-order valence-corrected chi connectivity index (χ1v) is 31.1. The molecule has 0 spiro atoms. The zero-order chi connectivity index (χ0) is 50.5. The molecule has 1 atom stereocenters. The van der Waals surface area contributed by atoms with Crippen molar-refractivity contribution in [3.8, 4) is 0 Å². The minimum Gasteiger partial charge on any atom is -0.462 e. The number of hydrogen-bond donors (Lipinski definition) is 0. The van der Waals surface area contributed by atoms with Crippen LogP contribution in [0.3, 0.4) is 0 Å². The zero-order valence-corrected chi connectivity index (χ0v) is 47.6. The number of unbranched alkanes of at least 4 members (excludes halogenated alkanes) is 39. The molecule has 0 fully saturated rings. The van der Waals surface area contributed by atoms with Crippen molar-refractivity contribution in [2.45, 2.75) is 356 Å². The van der Waals surface area contributed by atoms with Gasteiger partial charge in [-0.1, -0.05) is 311 Å². The van der Waals surface area contributed by atoms with E-state index in [4.69, 9.17) is 14.2 Å². The van der Waals surface area contributed by atoms with Crippen LogP contribution in [0.1, 0.15) is 350 Å². The lowest BCUT2D eigenvalue weighted by Gasteiger charge is -2.18. The monoisotopic (exact) mass is 975 g/mol. The third-order valence-electron chi connectivity index (χ3n) is 14.4. The summed E-state index contributed by atoms with van der Waals surface area (Å²) in [7, 11) is 0. The lowest BCUT2D eigenvalue weighted by molar-refractivity contribution is -0.167. The first-order chi connectivity index (χ1) is 33.6. The summed E-state index contributed by atoms with van der Waals surface area (Å²) >= 11 is 0. The molecule has 0 aromatic carbocycles. The maximum atomic E-state index is 12.9. The van der Waals surface area contributed by atoms with Gasteiger partial charge in [-0.3, -0.25) is 14.4 Å². The normalized spacial score (nSPS) is 12.1. The Morgan fingerprint density at radius 2 is 0.420 bits per heavy atom. The average molecular weight is 976 g/mol. The zero-order valence-electron chi connectivity index (χ0n) is 47.6. The molecule has 410 valence electrons. The first-order valence-electron chi connectivity index (χ1n) is 31.1. The van der Waals surface area contributed by atoms with Crippen LogP contribution in [0.4, 0.5) is 0 Å². The SMILES string of the molecule is CC(C)CCCCCCCCCCCCCCCCCCCCC(=O)OC[C@@H](COC(=O)CCCCCCCCCCCC(C)C)OC(=O)CCCCCCCCCCCCCCCCCC(C)C. The molecule has 6 nitrogen and oxygen atoms in total. The van der Waals surface area contributed by atoms with Crippen molar-refractivity contribution in [3.63, 3.8) is 0 Å². The van der Waals surface area contributed by atoms with Crippen molar-refractivity contribution >= 4 is 17.9 Å². The van der Waals surface area contributed by atoms with Gasteiger partial charge in [-0.25, -0.2) is 0 Å². The summed E-state index contributed by atoms with van der Waals surface area (Å²) in [6, 6.07) is 0. The van der Waals surface area contributed by atoms with Gasteiger partial charge in [-0.15, -0.1) is 0 Å². The molecule has 0 aliphatic rings. The summed E-state index contributed by atoms with van der Waals surface area (Å²) in [4.78, 5) is 38.2. The maximum Gasteiger partial charge on any atom is 0.306 e. The van der Waals surface area contributed by atoms with Crippen molar-refractivity contribution < 1.29 is 28.6 Å². The van der Waals surface area contributed by atoms with Crippen LogP contribution in [-0.4, -0.2) is 37.2 Å². The number of rotatable bonds is 56. The van der Waals surface area contributed by atoms with Gasteiger partial charge >= 0.3 is 17.9 Å². The molecule has 0 aromatic rings. The van der Waals surface area contributed by atoms with Crippen molar-refractivity contribution in [3.05, 3.63) is 0 Å². The number of hydrogen-bond acceptors (Lipinski definition) is 6. The second-order valence-electron chi connectivity index (χ2n) is 23.1. The number of carbonyl (C=O) groups is 3. The van der Waals surface area contributed by atoms with Crippen LogP contribution >= 0.6 is 0 Å². The maximum absolute atomic E-state index is 12.9. The fourth-order valence-corrected chi connectivity index (χ4v) is 9.71. The van der Waals surface area contributed by atoms with Crippen LogP contribution in [0.25, 0.3) is 0 Å². The van der Waals surface area contributed by atoms with Gasteiger partial charge in [0.2, 0.25) is 0 Å². The van der Waals surface area contributed by atoms with E-state index in [9.17, 15) is 14.4 Å². The highest BCUT2D eigenvalue weighted by Gasteiger charge is 2.19. The van der Waals surface area contributed by atoms with Crippen LogP contribution in [0.15, 0.2) is 0 Å². The fourth-order valence-electron chi connectivity index (χ4n) is 9.71. The fraction of sp³-hybridized carbons (Fsp3) is 0.952. The summed E-state index contributed by atoms with van der Waals surface area (Å²) in [5.41, 5.74) is 0. The third-order valence-corrected chi connectivity index (χ3v) is 14.4. The Bertz CT molecular complexity index is 1070. The minimum atomic E-state index is -0.764. The van der Waals surface area contributed by atoms with Gasteiger partial charge in [-0.2, -0.15) is 0 Å². The Balaban J connectivity index is 4.24. The quantitative estimate of drug-likeness (QED) is 0.0343. The predicted molar refractivity (Wildman–Crippen MR) is 298 cm³/mol. The Labute approximate surface area is 431 Å². The van der Waals surface area contributed by atoms with E-state index in [0.29, 0.717) is 19.3 Å². The molecular weight excluding hydrogens is 853 g/mol. The Morgan fingerprint density at radius 1 is 0.246 bits per heavy atom. The van der Waals surface area contributed by atoms with Gasteiger partial charge in [0.1, 0.15) is 13.2 Å².